The van der Waals surface area contributed by atoms with Gasteiger partial charge in [0, 0.05) is 25.5 Å². The molecule has 0 aromatic heterocycles. The van der Waals surface area contributed by atoms with Gasteiger partial charge in [0.15, 0.2) is 0 Å². The molecule has 0 amide bonds. The first-order valence-corrected chi connectivity index (χ1v) is 22.0. The average molecular weight is 645 g/mol. The molecule has 0 bridgehead atoms. The zero-order valence-electron chi connectivity index (χ0n) is 32.5. The van der Waals surface area contributed by atoms with Crippen molar-refractivity contribution in [2.75, 3.05) is 13.1 Å². The molecular weight excluding hydrogens is 556 g/mol. The van der Waals surface area contributed by atoms with Gasteiger partial charge in [0.1, 0.15) is 6.17 Å². The normalized spacial score (nSPS) is 14.7. The quantitative estimate of drug-likeness (QED) is 0.0617. The molecule has 0 radical (unpaired) electrons. The molecule has 0 N–H and O–H groups in total. The van der Waals surface area contributed by atoms with Crippen LogP contribution in [0.15, 0.2) is 12.4 Å². The molecular formula is C44H88N2. The van der Waals surface area contributed by atoms with Crippen LogP contribution in [-0.4, -0.2) is 29.1 Å². The molecule has 0 saturated carbocycles. The Morgan fingerprint density at radius 1 is 0.283 bits per heavy atom. The van der Waals surface area contributed by atoms with Gasteiger partial charge in [-0.05, 0) is 25.7 Å². The molecule has 1 rings (SSSR count). The molecule has 0 fully saturated rings. The highest BCUT2D eigenvalue weighted by Gasteiger charge is 2.24. The lowest BCUT2D eigenvalue weighted by atomic mass is 10.0. The molecule has 0 saturated heterocycles. The van der Waals surface area contributed by atoms with Crippen molar-refractivity contribution in [1.29, 1.82) is 0 Å². The van der Waals surface area contributed by atoms with Crippen molar-refractivity contribution in [3.05, 3.63) is 12.4 Å². The van der Waals surface area contributed by atoms with Gasteiger partial charge >= 0.3 is 0 Å². The van der Waals surface area contributed by atoms with Crippen LogP contribution in [-0.2, 0) is 0 Å². The second-order valence-corrected chi connectivity index (χ2v) is 15.4. The van der Waals surface area contributed by atoms with Gasteiger partial charge < -0.3 is 9.80 Å². The van der Waals surface area contributed by atoms with Crippen LogP contribution in [0.5, 0.6) is 0 Å². The van der Waals surface area contributed by atoms with Gasteiger partial charge in [0.2, 0.25) is 0 Å². The molecule has 1 atom stereocenters. The van der Waals surface area contributed by atoms with E-state index in [2.05, 4.69) is 43.0 Å². The fourth-order valence-electron chi connectivity index (χ4n) is 7.60. The maximum atomic E-state index is 2.72. The summed E-state index contributed by atoms with van der Waals surface area (Å²) in [6, 6.07) is 0. The third kappa shape index (κ3) is 27.3. The van der Waals surface area contributed by atoms with Crippen molar-refractivity contribution in [3.8, 4) is 0 Å². The first-order chi connectivity index (χ1) is 22.8. The predicted octanol–water partition coefficient (Wildman–Crippen LogP) is 15.5. The summed E-state index contributed by atoms with van der Waals surface area (Å²) in [6.07, 6.45) is 57.4. The monoisotopic (exact) mass is 645 g/mol. The van der Waals surface area contributed by atoms with Gasteiger partial charge in [-0.1, -0.05) is 226 Å². The lowest BCUT2D eigenvalue weighted by Gasteiger charge is -2.33. The molecule has 1 heterocycles. The fourth-order valence-corrected chi connectivity index (χ4v) is 7.60. The number of hydrogen-bond donors (Lipinski definition) is 0. The van der Waals surface area contributed by atoms with E-state index < -0.39 is 0 Å². The summed E-state index contributed by atoms with van der Waals surface area (Å²) in [5.74, 6) is 0. The van der Waals surface area contributed by atoms with Crippen LogP contribution in [0, 0.1) is 0 Å². The standard InChI is InChI=1S/C44H88N2/c1-4-7-10-13-16-18-20-22-23-24-25-27-29-31-33-36-39-44-45(40-37-34-15-12-9-6-3)42-43-46(44)41-38-35-32-30-28-26-21-19-17-14-11-8-5-2/h42-44H,4-41H2,1-3H3. The highest BCUT2D eigenvalue weighted by Crippen LogP contribution is 2.24. The first kappa shape index (κ1) is 43.4. The van der Waals surface area contributed by atoms with Crippen LogP contribution >= 0.6 is 0 Å². The average Bonchev–Trinajstić information content (AvgIpc) is 3.45. The highest BCUT2D eigenvalue weighted by atomic mass is 15.4. The van der Waals surface area contributed by atoms with Crippen molar-refractivity contribution in [3.63, 3.8) is 0 Å². The van der Waals surface area contributed by atoms with Crippen molar-refractivity contribution < 1.29 is 0 Å². The van der Waals surface area contributed by atoms with Crippen molar-refractivity contribution in [2.24, 2.45) is 0 Å². The van der Waals surface area contributed by atoms with E-state index >= 15 is 0 Å². The summed E-state index contributed by atoms with van der Waals surface area (Å²) in [5, 5.41) is 0. The Morgan fingerprint density at radius 3 is 0.761 bits per heavy atom. The Balaban J connectivity index is 2.14. The minimum absolute atomic E-state index is 0.639. The van der Waals surface area contributed by atoms with E-state index in [1.165, 1.54) is 244 Å². The van der Waals surface area contributed by atoms with Crippen molar-refractivity contribution in [2.45, 2.75) is 258 Å². The third-order valence-corrected chi connectivity index (χ3v) is 10.8. The topological polar surface area (TPSA) is 6.48 Å². The van der Waals surface area contributed by atoms with Gasteiger partial charge in [-0.3, -0.25) is 0 Å². The summed E-state index contributed by atoms with van der Waals surface area (Å²) >= 11 is 0. The van der Waals surface area contributed by atoms with Crippen LogP contribution in [0.3, 0.4) is 0 Å². The van der Waals surface area contributed by atoms with Gasteiger partial charge in [0.05, 0.1) is 0 Å². The van der Waals surface area contributed by atoms with E-state index in [0.717, 1.165) is 0 Å². The lowest BCUT2D eigenvalue weighted by Crippen LogP contribution is -2.39. The molecule has 1 unspecified atom stereocenters. The maximum absolute atomic E-state index is 2.72. The van der Waals surface area contributed by atoms with Crippen molar-refractivity contribution >= 4 is 0 Å². The third-order valence-electron chi connectivity index (χ3n) is 10.8. The second-order valence-electron chi connectivity index (χ2n) is 15.4. The van der Waals surface area contributed by atoms with Gasteiger partial charge in [0.25, 0.3) is 0 Å². The van der Waals surface area contributed by atoms with Crippen LogP contribution < -0.4 is 0 Å². The smallest absolute Gasteiger partial charge is 0.101 e. The summed E-state index contributed by atoms with van der Waals surface area (Å²) < 4.78 is 0. The lowest BCUT2D eigenvalue weighted by molar-refractivity contribution is 0.135. The van der Waals surface area contributed by atoms with Crippen LogP contribution in [0.4, 0.5) is 0 Å². The molecule has 46 heavy (non-hydrogen) atoms. The van der Waals surface area contributed by atoms with E-state index in [1.54, 1.807) is 0 Å². The molecule has 0 aliphatic carbocycles. The molecule has 0 aromatic rings. The Kier molecular flexibility index (Phi) is 33.6. The van der Waals surface area contributed by atoms with E-state index in [-0.39, 0.29) is 0 Å². The molecule has 1 aliphatic rings. The maximum Gasteiger partial charge on any atom is 0.101 e. The molecule has 0 spiro atoms. The van der Waals surface area contributed by atoms with Crippen LogP contribution in [0.2, 0.25) is 0 Å². The SMILES string of the molecule is CCCCCCCCCCCCCCCCCCC1N(CCCCCCCC)C=CN1CCCCCCCCCCCCCCC. The highest BCUT2D eigenvalue weighted by molar-refractivity contribution is 4.97. The Morgan fingerprint density at radius 2 is 0.500 bits per heavy atom. The Labute approximate surface area is 292 Å². The summed E-state index contributed by atoms with van der Waals surface area (Å²) in [6.45, 7) is 9.48. The first-order valence-electron chi connectivity index (χ1n) is 22.0. The number of unbranched alkanes of at least 4 members (excludes halogenated alkanes) is 32. The summed E-state index contributed by atoms with van der Waals surface area (Å²) in [7, 11) is 0. The number of rotatable bonds is 38. The molecule has 2 nitrogen and oxygen atoms in total. The zero-order chi connectivity index (χ0) is 33.0. The molecule has 0 aromatic carbocycles. The van der Waals surface area contributed by atoms with Gasteiger partial charge in [-0.25, -0.2) is 0 Å². The molecule has 274 valence electrons. The van der Waals surface area contributed by atoms with E-state index in [4.69, 9.17) is 0 Å². The number of nitrogens with zero attached hydrogens (tertiary/aromatic N) is 2. The summed E-state index contributed by atoms with van der Waals surface area (Å²) in [5.41, 5.74) is 0. The Hall–Kier alpha value is -0.660. The van der Waals surface area contributed by atoms with Crippen LogP contribution in [0.1, 0.15) is 252 Å². The number of hydrogen-bond acceptors (Lipinski definition) is 2. The molecule has 2 heteroatoms. The Bertz CT molecular complexity index is 601. The van der Waals surface area contributed by atoms with Gasteiger partial charge in [-0.2, -0.15) is 0 Å². The van der Waals surface area contributed by atoms with E-state index in [1.807, 2.05) is 0 Å². The van der Waals surface area contributed by atoms with Gasteiger partial charge in [-0.15, -0.1) is 0 Å². The van der Waals surface area contributed by atoms with Crippen molar-refractivity contribution in [1.82, 2.24) is 9.80 Å². The fraction of sp³-hybridized carbons (Fsp3) is 0.955. The second kappa shape index (κ2) is 35.6. The largest absolute Gasteiger partial charge is 0.356 e. The molecule has 1 aliphatic heterocycles. The summed E-state index contributed by atoms with van der Waals surface area (Å²) in [4.78, 5) is 5.44. The van der Waals surface area contributed by atoms with Crippen LogP contribution in [0.25, 0.3) is 0 Å². The predicted molar refractivity (Wildman–Crippen MR) is 210 cm³/mol. The minimum Gasteiger partial charge on any atom is -0.356 e. The minimum atomic E-state index is 0.639. The van der Waals surface area contributed by atoms with E-state index in [0.29, 0.717) is 6.17 Å². The zero-order valence-corrected chi connectivity index (χ0v) is 32.5. The van der Waals surface area contributed by atoms with E-state index in [9.17, 15) is 0 Å².